The molecule has 86 valence electrons. The van der Waals surface area contributed by atoms with E-state index in [0.717, 1.165) is 0 Å². The van der Waals surface area contributed by atoms with Crippen molar-refractivity contribution in [1.82, 2.24) is 4.90 Å². The summed E-state index contributed by atoms with van der Waals surface area (Å²) >= 11 is 0. The van der Waals surface area contributed by atoms with Gasteiger partial charge in [0.25, 0.3) is 0 Å². The van der Waals surface area contributed by atoms with Gasteiger partial charge in [-0.05, 0) is 14.0 Å². The number of likely N-dealkylation sites (N-methyl/N-ethyl adjacent to an activating group) is 1. The lowest BCUT2D eigenvalue weighted by molar-refractivity contribution is -0.141. The highest BCUT2D eigenvalue weighted by atomic mass is 16.4. The molecule has 1 aromatic rings. The first-order valence-electron chi connectivity index (χ1n) is 5.03. The molecule has 0 saturated heterocycles. The lowest BCUT2D eigenvalue weighted by atomic mass is 10.1. The Bertz CT molecular complexity index is 375. The fourth-order valence-electron chi connectivity index (χ4n) is 1.27. The van der Waals surface area contributed by atoms with Crippen LogP contribution in [-0.2, 0) is 4.79 Å². The summed E-state index contributed by atoms with van der Waals surface area (Å²) in [5, 5.41) is 8.78. The van der Waals surface area contributed by atoms with Gasteiger partial charge in [0.15, 0.2) is 5.78 Å². The number of carbonyl (C=O) groups is 2. The molecule has 0 saturated carbocycles. The molecule has 1 atom stereocenters. The van der Waals surface area contributed by atoms with Gasteiger partial charge in [0.05, 0.1) is 6.54 Å². The zero-order chi connectivity index (χ0) is 12.1. The third-order valence-corrected chi connectivity index (χ3v) is 2.51. The molecule has 0 aromatic heterocycles. The van der Waals surface area contributed by atoms with Crippen molar-refractivity contribution in [2.75, 3.05) is 13.6 Å². The number of benzene rings is 1. The molecule has 0 spiro atoms. The van der Waals surface area contributed by atoms with E-state index in [1.807, 2.05) is 6.07 Å². The maximum absolute atomic E-state index is 11.7. The van der Waals surface area contributed by atoms with Crippen LogP contribution in [0.2, 0.25) is 0 Å². The van der Waals surface area contributed by atoms with Crippen molar-refractivity contribution in [2.45, 2.75) is 13.0 Å². The largest absolute Gasteiger partial charge is 0.480 e. The average Bonchev–Trinajstić information content (AvgIpc) is 2.28. The van der Waals surface area contributed by atoms with Gasteiger partial charge < -0.3 is 5.11 Å². The highest BCUT2D eigenvalue weighted by molar-refractivity contribution is 5.97. The fraction of sp³-hybridized carbons (Fsp3) is 0.333. The first kappa shape index (κ1) is 12.4. The predicted molar refractivity (Wildman–Crippen MR) is 60.5 cm³/mol. The molecule has 0 aliphatic carbocycles. The van der Waals surface area contributed by atoms with Crippen LogP contribution in [0.3, 0.4) is 0 Å². The number of Topliss-reactive ketones (excluding diaryl/α,β-unsaturated/α-hetero) is 1. The number of aliphatic carboxylic acids is 1. The first-order chi connectivity index (χ1) is 7.52. The molecule has 4 nitrogen and oxygen atoms in total. The monoisotopic (exact) mass is 221 g/mol. The SMILES string of the molecule is C[C@@H](C(=O)O)N(C)CC(=O)c1ccccc1. The van der Waals surface area contributed by atoms with E-state index in [0.29, 0.717) is 5.56 Å². The highest BCUT2D eigenvalue weighted by Gasteiger charge is 2.19. The molecular weight excluding hydrogens is 206 g/mol. The predicted octanol–water partition coefficient (Wildman–Crippen LogP) is 1.27. The molecule has 0 amide bonds. The number of carboxylic acid groups (broad SMARTS) is 1. The van der Waals surface area contributed by atoms with E-state index in [4.69, 9.17) is 5.11 Å². The highest BCUT2D eigenvalue weighted by Crippen LogP contribution is 2.03. The second-order valence-corrected chi connectivity index (χ2v) is 3.72. The molecule has 4 heteroatoms. The van der Waals surface area contributed by atoms with Crippen molar-refractivity contribution in [1.29, 1.82) is 0 Å². The summed E-state index contributed by atoms with van der Waals surface area (Å²) < 4.78 is 0. The Balaban J connectivity index is 2.62. The van der Waals surface area contributed by atoms with Crippen molar-refractivity contribution >= 4 is 11.8 Å². The Labute approximate surface area is 94.5 Å². The zero-order valence-corrected chi connectivity index (χ0v) is 9.38. The third kappa shape index (κ3) is 3.17. The summed E-state index contributed by atoms with van der Waals surface area (Å²) in [5.74, 6) is -1.00. The Morgan fingerprint density at radius 2 is 1.88 bits per heavy atom. The lowest BCUT2D eigenvalue weighted by Crippen LogP contribution is -2.39. The minimum absolute atomic E-state index is 0.0730. The third-order valence-electron chi connectivity index (χ3n) is 2.51. The van der Waals surface area contributed by atoms with Gasteiger partial charge in [-0.15, -0.1) is 0 Å². The molecule has 0 aliphatic heterocycles. The van der Waals surface area contributed by atoms with Crippen LogP contribution in [-0.4, -0.2) is 41.4 Å². The summed E-state index contributed by atoms with van der Waals surface area (Å²) in [6.45, 7) is 1.66. The first-order valence-corrected chi connectivity index (χ1v) is 5.03. The minimum Gasteiger partial charge on any atom is -0.480 e. The van der Waals surface area contributed by atoms with Crippen LogP contribution in [0.4, 0.5) is 0 Å². The Kier molecular flexibility index (Phi) is 4.19. The van der Waals surface area contributed by atoms with Crippen LogP contribution in [0.5, 0.6) is 0 Å². The van der Waals surface area contributed by atoms with Crippen molar-refractivity contribution in [3.05, 3.63) is 35.9 Å². The van der Waals surface area contributed by atoms with E-state index in [2.05, 4.69) is 0 Å². The standard InChI is InChI=1S/C12H15NO3/c1-9(12(15)16)13(2)8-11(14)10-6-4-3-5-7-10/h3-7,9H,8H2,1-2H3,(H,15,16)/t9-/m0/s1. The molecule has 0 radical (unpaired) electrons. The molecule has 1 aromatic carbocycles. The Hall–Kier alpha value is -1.68. The maximum Gasteiger partial charge on any atom is 0.320 e. The topological polar surface area (TPSA) is 57.6 Å². The molecule has 1 N–H and O–H groups in total. The van der Waals surface area contributed by atoms with E-state index in [9.17, 15) is 9.59 Å². The summed E-state index contributed by atoms with van der Waals surface area (Å²) in [6, 6.07) is 8.19. The van der Waals surface area contributed by atoms with Crippen LogP contribution in [0.1, 0.15) is 17.3 Å². The smallest absolute Gasteiger partial charge is 0.320 e. The summed E-state index contributed by atoms with van der Waals surface area (Å²) in [4.78, 5) is 24.0. The van der Waals surface area contributed by atoms with Crippen LogP contribution in [0.15, 0.2) is 30.3 Å². The number of rotatable bonds is 5. The van der Waals surface area contributed by atoms with Gasteiger partial charge in [0.2, 0.25) is 0 Å². The minimum atomic E-state index is -0.927. The number of hydrogen-bond donors (Lipinski definition) is 1. The summed E-state index contributed by atoms with van der Waals surface area (Å²) in [6.07, 6.45) is 0. The maximum atomic E-state index is 11.7. The second kappa shape index (κ2) is 5.42. The normalized spacial score (nSPS) is 12.4. The number of carboxylic acids is 1. The molecule has 0 bridgehead atoms. The summed E-state index contributed by atoms with van der Waals surface area (Å²) in [5.41, 5.74) is 0.604. The summed E-state index contributed by atoms with van der Waals surface area (Å²) in [7, 11) is 1.62. The molecule has 1 rings (SSSR count). The van der Waals surface area contributed by atoms with Gasteiger partial charge in [-0.3, -0.25) is 14.5 Å². The Morgan fingerprint density at radius 3 is 2.38 bits per heavy atom. The van der Waals surface area contributed by atoms with Crippen molar-refractivity contribution in [3.63, 3.8) is 0 Å². The van der Waals surface area contributed by atoms with E-state index < -0.39 is 12.0 Å². The van der Waals surface area contributed by atoms with Crippen LogP contribution < -0.4 is 0 Å². The molecule has 0 aliphatic rings. The number of nitrogens with zero attached hydrogens (tertiary/aromatic N) is 1. The van der Waals surface area contributed by atoms with Gasteiger partial charge in [-0.25, -0.2) is 0 Å². The van der Waals surface area contributed by atoms with Crippen LogP contribution in [0.25, 0.3) is 0 Å². The lowest BCUT2D eigenvalue weighted by Gasteiger charge is -2.19. The van der Waals surface area contributed by atoms with E-state index >= 15 is 0 Å². The second-order valence-electron chi connectivity index (χ2n) is 3.72. The van der Waals surface area contributed by atoms with E-state index in [1.54, 1.807) is 38.2 Å². The Morgan fingerprint density at radius 1 is 1.31 bits per heavy atom. The molecular formula is C12H15NO3. The quantitative estimate of drug-likeness (QED) is 0.761. The van der Waals surface area contributed by atoms with E-state index in [1.165, 1.54) is 4.90 Å². The van der Waals surface area contributed by atoms with Gasteiger partial charge in [-0.2, -0.15) is 0 Å². The molecule has 0 unspecified atom stereocenters. The molecule has 0 heterocycles. The fourth-order valence-corrected chi connectivity index (χ4v) is 1.27. The van der Waals surface area contributed by atoms with Gasteiger partial charge in [0.1, 0.15) is 6.04 Å². The zero-order valence-electron chi connectivity index (χ0n) is 9.38. The number of ketones is 1. The number of carbonyl (C=O) groups excluding carboxylic acids is 1. The van der Waals surface area contributed by atoms with Crippen LogP contribution in [0, 0.1) is 0 Å². The molecule has 16 heavy (non-hydrogen) atoms. The van der Waals surface area contributed by atoms with Crippen molar-refractivity contribution < 1.29 is 14.7 Å². The van der Waals surface area contributed by atoms with E-state index in [-0.39, 0.29) is 12.3 Å². The van der Waals surface area contributed by atoms with Crippen LogP contribution >= 0.6 is 0 Å². The number of hydrogen-bond acceptors (Lipinski definition) is 3. The average molecular weight is 221 g/mol. The van der Waals surface area contributed by atoms with Crippen molar-refractivity contribution in [3.8, 4) is 0 Å². The van der Waals surface area contributed by atoms with Gasteiger partial charge in [-0.1, -0.05) is 30.3 Å². The van der Waals surface area contributed by atoms with Gasteiger partial charge in [0, 0.05) is 5.56 Å². The van der Waals surface area contributed by atoms with Crippen molar-refractivity contribution in [2.24, 2.45) is 0 Å². The van der Waals surface area contributed by atoms with Gasteiger partial charge >= 0.3 is 5.97 Å². The molecule has 0 fully saturated rings.